The van der Waals surface area contributed by atoms with E-state index < -0.39 is 0 Å². The zero-order valence-electron chi connectivity index (χ0n) is 9.35. The molecule has 1 fully saturated rings. The molecule has 0 saturated carbocycles. The lowest BCUT2D eigenvalue weighted by Crippen LogP contribution is -2.39. The van der Waals surface area contributed by atoms with Crippen molar-refractivity contribution in [2.75, 3.05) is 23.7 Å². The second kappa shape index (κ2) is 4.04. The van der Waals surface area contributed by atoms with E-state index in [4.69, 9.17) is 5.73 Å². The maximum absolute atomic E-state index is 5.56. The van der Waals surface area contributed by atoms with Gasteiger partial charge in [-0.3, -0.25) is 0 Å². The number of nitrogens with zero attached hydrogens (tertiary/aromatic N) is 3. The van der Waals surface area contributed by atoms with Crippen LogP contribution in [0.15, 0.2) is 12.4 Å². The molecule has 0 bridgehead atoms. The van der Waals surface area contributed by atoms with Gasteiger partial charge >= 0.3 is 0 Å². The summed E-state index contributed by atoms with van der Waals surface area (Å²) in [6.07, 6.45) is 4.56. The zero-order valence-corrected chi connectivity index (χ0v) is 9.35. The second-order valence-corrected chi connectivity index (χ2v) is 4.51. The lowest BCUT2D eigenvalue weighted by Gasteiger charge is -2.35. The first-order chi connectivity index (χ1) is 7.16. The van der Waals surface area contributed by atoms with Crippen molar-refractivity contribution in [1.82, 2.24) is 9.97 Å². The van der Waals surface area contributed by atoms with Gasteiger partial charge < -0.3 is 10.6 Å². The van der Waals surface area contributed by atoms with E-state index in [-0.39, 0.29) is 0 Å². The number of hydrogen-bond donors (Lipinski definition) is 1. The van der Waals surface area contributed by atoms with Crippen molar-refractivity contribution < 1.29 is 0 Å². The van der Waals surface area contributed by atoms with Gasteiger partial charge in [0.2, 0.25) is 5.95 Å². The topological polar surface area (TPSA) is 55.0 Å². The number of nitrogen functional groups attached to an aromatic ring is 1. The van der Waals surface area contributed by atoms with Crippen molar-refractivity contribution in [3.05, 3.63) is 12.4 Å². The molecule has 4 nitrogen and oxygen atoms in total. The molecule has 0 aliphatic carbocycles. The molecule has 2 heterocycles. The van der Waals surface area contributed by atoms with Gasteiger partial charge in [0.25, 0.3) is 0 Å². The summed E-state index contributed by atoms with van der Waals surface area (Å²) in [4.78, 5) is 10.7. The fraction of sp³-hybridized carbons (Fsp3) is 0.636. The molecule has 0 aromatic carbocycles. The van der Waals surface area contributed by atoms with Gasteiger partial charge in [0.15, 0.2) is 0 Å². The van der Waals surface area contributed by atoms with E-state index in [1.54, 1.807) is 12.4 Å². The van der Waals surface area contributed by atoms with Crippen molar-refractivity contribution in [1.29, 1.82) is 0 Å². The molecule has 2 N–H and O–H groups in total. The molecule has 2 atom stereocenters. The normalized spacial score (nSPS) is 26.7. The van der Waals surface area contributed by atoms with Gasteiger partial charge in [-0.2, -0.15) is 0 Å². The summed E-state index contributed by atoms with van der Waals surface area (Å²) in [5.74, 6) is 2.32. The SMILES string of the molecule is CC1CCN(c2ncc(N)cn2)CC1C. The van der Waals surface area contributed by atoms with Crippen LogP contribution in [-0.4, -0.2) is 23.1 Å². The number of hydrogen-bond acceptors (Lipinski definition) is 4. The Morgan fingerprint density at radius 1 is 1.27 bits per heavy atom. The maximum atomic E-state index is 5.56. The lowest BCUT2D eigenvalue weighted by atomic mass is 9.89. The molecular weight excluding hydrogens is 188 g/mol. The van der Waals surface area contributed by atoms with Gasteiger partial charge in [-0.15, -0.1) is 0 Å². The summed E-state index contributed by atoms with van der Waals surface area (Å²) in [6, 6.07) is 0. The molecule has 15 heavy (non-hydrogen) atoms. The third-order valence-corrected chi connectivity index (χ3v) is 3.28. The van der Waals surface area contributed by atoms with Crippen LogP contribution in [0.2, 0.25) is 0 Å². The Kier molecular flexibility index (Phi) is 2.75. The Morgan fingerprint density at radius 2 is 1.93 bits per heavy atom. The van der Waals surface area contributed by atoms with Crippen molar-refractivity contribution >= 4 is 11.6 Å². The minimum atomic E-state index is 0.622. The van der Waals surface area contributed by atoms with Crippen molar-refractivity contribution in [3.63, 3.8) is 0 Å². The number of nitrogens with two attached hydrogens (primary N) is 1. The fourth-order valence-corrected chi connectivity index (χ4v) is 1.94. The quantitative estimate of drug-likeness (QED) is 0.757. The highest BCUT2D eigenvalue weighted by Gasteiger charge is 2.23. The van der Waals surface area contributed by atoms with Crippen LogP contribution in [0.4, 0.5) is 11.6 Å². The van der Waals surface area contributed by atoms with Crippen molar-refractivity contribution in [2.45, 2.75) is 20.3 Å². The predicted octanol–water partition coefficient (Wildman–Crippen LogP) is 1.54. The monoisotopic (exact) mass is 206 g/mol. The maximum Gasteiger partial charge on any atom is 0.225 e. The molecule has 82 valence electrons. The first-order valence-corrected chi connectivity index (χ1v) is 5.49. The minimum Gasteiger partial charge on any atom is -0.396 e. The van der Waals surface area contributed by atoms with Crippen LogP contribution < -0.4 is 10.6 Å². The molecule has 0 amide bonds. The summed E-state index contributed by atoms with van der Waals surface area (Å²) < 4.78 is 0. The molecule has 1 saturated heterocycles. The smallest absolute Gasteiger partial charge is 0.225 e. The zero-order chi connectivity index (χ0) is 10.8. The van der Waals surface area contributed by atoms with Crippen LogP contribution in [0.25, 0.3) is 0 Å². The second-order valence-electron chi connectivity index (χ2n) is 4.51. The number of anilines is 2. The standard InChI is InChI=1S/C11H18N4/c1-8-3-4-15(7-9(8)2)11-13-5-10(12)6-14-11/h5-6,8-9H,3-4,7,12H2,1-2H3. The van der Waals surface area contributed by atoms with E-state index in [1.165, 1.54) is 6.42 Å². The van der Waals surface area contributed by atoms with Crippen LogP contribution >= 0.6 is 0 Å². The average molecular weight is 206 g/mol. The van der Waals surface area contributed by atoms with Gasteiger partial charge in [-0.1, -0.05) is 13.8 Å². The van der Waals surface area contributed by atoms with E-state index >= 15 is 0 Å². The minimum absolute atomic E-state index is 0.622. The Bertz CT molecular complexity index is 322. The Balaban J connectivity index is 2.08. The lowest BCUT2D eigenvalue weighted by molar-refractivity contribution is 0.321. The summed E-state index contributed by atoms with van der Waals surface area (Å²) in [5.41, 5.74) is 6.18. The van der Waals surface area contributed by atoms with Crippen LogP contribution in [-0.2, 0) is 0 Å². The molecule has 2 unspecified atom stereocenters. The third-order valence-electron chi connectivity index (χ3n) is 3.28. The molecule has 0 radical (unpaired) electrons. The van der Waals surface area contributed by atoms with Gasteiger partial charge in [0, 0.05) is 13.1 Å². The fourth-order valence-electron chi connectivity index (χ4n) is 1.94. The highest BCUT2D eigenvalue weighted by molar-refractivity contribution is 5.38. The Morgan fingerprint density at radius 3 is 2.53 bits per heavy atom. The summed E-state index contributed by atoms with van der Waals surface area (Å²) in [6.45, 7) is 6.69. The molecule has 4 heteroatoms. The molecule has 1 aliphatic heterocycles. The summed E-state index contributed by atoms with van der Waals surface area (Å²) >= 11 is 0. The Hall–Kier alpha value is -1.32. The van der Waals surface area contributed by atoms with E-state index in [9.17, 15) is 0 Å². The number of piperidine rings is 1. The molecule has 1 aromatic rings. The highest BCUT2D eigenvalue weighted by atomic mass is 15.3. The summed E-state index contributed by atoms with van der Waals surface area (Å²) in [5, 5.41) is 0. The molecule has 2 rings (SSSR count). The number of rotatable bonds is 1. The first kappa shape index (κ1) is 10.2. The van der Waals surface area contributed by atoms with E-state index in [1.807, 2.05) is 0 Å². The number of aromatic nitrogens is 2. The average Bonchev–Trinajstić information content (AvgIpc) is 2.23. The first-order valence-electron chi connectivity index (χ1n) is 5.49. The van der Waals surface area contributed by atoms with Crippen LogP contribution in [0.1, 0.15) is 20.3 Å². The molecule has 0 spiro atoms. The van der Waals surface area contributed by atoms with Crippen molar-refractivity contribution in [3.8, 4) is 0 Å². The van der Waals surface area contributed by atoms with Crippen LogP contribution in [0.5, 0.6) is 0 Å². The van der Waals surface area contributed by atoms with Gasteiger partial charge in [0.1, 0.15) is 0 Å². The van der Waals surface area contributed by atoms with Gasteiger partial charge in [0.05, 0.1) is 18.1 Å². The molecule has 1 aromatic heterocycles. The summed E-state index contributed by atoms with van der Waals surface area (Å²) in [7, 11) is 0. The van der Waals surface area contributed by atoms with E-state index in [0.29, 0.717) is 11.6 Å². The van der Waals surface area contributed by atoms with E-state index in [0.717, 1.165) is 25.0 Å². The van der Waals surface area contributed by atoms with Crippen LogP contribution in [0, 0.1) is 11.8 Å². The largest absolute Gasteiger partial charge is 0.396 e. The van der Waals surface area contributed by atoms with Crippen LogP contribution in [0.3, 0.4) is 0 Å². The Labute approximate surface area is 90.5 Å². The predicted molar refractivity (Wildman–Crippen MR) is 61.6 cm³/mol. The van der Waals surface area contributed by atoms with Crippen molar-refractivity contribution in [2.24, 2.45) is 11.8 Å². The van der Waals surface area contributed by atoms with Gasteiger partial charge in [-0.25, -0.2) is 9.97 Å². The highest BCUT2D eigenvalue weighted by Crippen LogP contribution is 2.24. The molecular formula is C11H18N4. The third kappa shape index (κ3) is 2.19. The van der Waals surface area contributed by atoms with Gasteiger partial charge in [-0.05, 0) is 18.3 Å². The molecule has 1 aliphatic rings. The van der Waals surface area contributed by atoms with E-state index in [2.05, 4.69) is 28.7 Å².